The smallest absolute Gasteiger partial charge is 0.254 e. The molecule has 0 saturated carbocycles. The number of rotatable bonds is 5. The fourth-order valence-electron chi connectivity index (χ4n) is 1.49. The average Bonchev–Trinajstić information content (AvgIpc) is 2.28. The first kappa shape index (κ1) is 14.6. The number of halogens is 1. The summed E-state index contributed by atoms with van der Waals surface area (Å²) in [5.41, 5.74) is -0.0850. The summed E-state index contributed by atoms with van der Waals surface area (Å²) in [6, 6.07) is 5.01. The highest BCUT2D eigenvalue weighted by atomic mass is 32.2. The van der Waals surface area contributed by atoms with Gasteiger partial charge in [-0.15, -0.1) is 0 Å². The number of benzene rings is 1. The predicted octanol–water partition coefficient (Wildman–Crippen LogP) is 1.38. The molecule has 1 aromatic carbocycles. The second kappa shape index (κ2) is 5.95. The molecule has 4 nitrogen and oxygen atoms in total. The molecule has 6 heteroatoms. The molecule has 1 rings (SSSR count). The van der Waals surface area contributed by atoms with E-state index >= 15 is 0 Å². The monoisotopic (exact) mass is 273 g/mol. The highest BCUT2D eigenvalue weighted by Crippen LogP contribution is 2.06. The Bertz CT molecular complexity index is 528. The van der Waals surface area contributed by atoms with Gasteiger partial charge in [0.05, 0.1) is 11.3 Å². The van der Waals surface area contributed by atoms with Crippen molar-refractivity contribution in [3.8, 4) is 0 Å². The molecule has 0 aromatic heterocycles. The number of hydrogen-bond acceptors (Lipinski definition) is 3. The summed E-state index contributed by atoms with van der Waals surface area (Å²) >= 11 is 0. The van der Waals surface area contributed by atoms with E-state index in [4.69, 9.17) is 0 Å². The first-order chi connectivity index (χ1) is 8.35. The summed E-state index contributed by atoms with van der Waals surface area (Å²) < 4.78 is 36.1. The van der Waals surface area contributed by atoms with Crippen LogP contribution >= 0.6 is 0 Å². The minimum Gasteiger partial charge on any atom is -0.348 e. The second-order valence-electron chi connectivity index (χ2n) is 4.05. The van der Waals surface area contributed by atoms with Crippen molar-refractivity contribution in [2.75, 3.05) is 11.5 Å². The van der Waals surface area contributed by atoms with E-state index < -0.39 is 27.6 Å². The fourth-order valence-corrected chi connectivity index (χ4v) is 2.57. The van der Waals surface area contributed by atoms with E-state index in [1.165, 1.54) is 18.2 Å². The number of sulfone groups is 1. The van der Waals surface area contributed by atoms with E-state index in [0.717, 1.165) is 0 Å². The Morgan fingerprint density at radius 2 is 2.00 bits per heavy atom. The molecule has 0 spiro atoms. The van der Waals surface area contributed by atoms with Crippen molar-refractivity contribution in [2.24, 2.45) is 0 Å². The molecule has 1 N–H and O–H groups in total. The molecule has 100 valence electrons. The SMILES string of the molecule is CCS(=O)(=O)C[C@H](C)NC(=O)c1ccccc1F. The zero-order valence-corrected chi connectivity index (χ0v) is 11.1. The molecular formula is C12H16FNO3S. The van der Waals surface area contributed by atoms with E-state index in [0.29, 0.717) is 0 Å². The number of amides is 1. The average molecular weight is 273 g/mol. The van der Waals surface area contributed by atoms with Gasteiger partial charge in [-0.2, -0.15) is 0 Å². The van der Waals surface area contributed by atoms with Gasteiger partial charge in [-0.25, -0.2) is 12.8 Å². The van der Waals surface area contributed by atoms with Crippen LogP contribution in [0.4, 0.5) is 4.39 Å². The first-order valence-corrected chi connectivity index (χ1v) is 7.43. The Balaban J connectivity index is 2.69. The summed E-state index contributed by atoms with van der Waals surface area (Å²) in [4.78, 5) is 11.7. The van der Waals surface area contributed by atoms with Crippen molar-refractivity contribution >= 4 is 15.7 Å². The maximum Gasteiger partial charge on any atom is 0.254 e. The minimum absolute atomic E-state index is 0.0207. The van der Waals surface area contributed by atoms with Crippen molar-refractivity contribution in [2.45, 2.75) is 19.9 Å². The lowest BCUT2D eigenvalue weighted by molar-refractivity contribution is 0.0939. The maximum absolute atomic E-state index is 13.3. The van der Waals surface area contributed by atoms with Gasteiger partial charge < -0.3 is 5.32 Å². The van der Waals surface area contributed by atoms with Crippen LogP contribution in [0, 0.1) is 5.82 Å². The van der Waals surface area contributed by atoms with Crippen LogP contribution in [0.2, 0.25) is 0 Å². The third kappa shape index (κ3) is 4.10. The van der Waals surface area contributed by atoms with Crippen molar-refractivity contribution in [1.82, 2.24) is 5.32 Å². The van der Waals surface area contributed by atoms with Gasteiger partial charge in [0.25, 0.3) is 5.91 Å². The summed E-state index contributed by atoms with van der Waals surface area (Å²) in [6.45, 7) is 3.12. The highest BCUT2D eigenvalue weighted by molar-refractivity contribution is 7.91. The molecule has 0 aliphatic heterocycles. The molecule has 0 heterocycles. The zero-order valence-electron chi connectivity index (χ0n) is 10.3. The van der Waals surface area contributed by atoms with Gasteiger partial charge >= 0.3 is 0 Å². The summed E-state index contributed by atoms with van der Waals surface area (Å²) in [7, 11) is -3.17. The van der Waals surface area contributed by atoms with E-state index in [2.05, 4.69) is 5.32 Å². The van der Waals surface area contributed by atoms with Crippen LogP contribution in [0.3, 0.4) is 0 Å². The van der Waals surface area contributed by atoms with Crippen molar-refractivity contribution in [1.29, 1.82) is 0 Å². The Hall–Kier alpha value is -1.43. The van der Waals surface area contributed by atoms with Crippen LogP contribution < -0.4 is 5.32 Å². The largest absolute Gasteiger partial charge is 0.348 e. The van der Waals surface area contributed by atoms with Gasteiger partial charge in [0, 0.05) is 11.8 Å². The normalized spacial score (nSPS) is 13.1. The van der Waals surface area contributed by atoms with E-state index in [9.17, 15) is 17.6 Å². The van der Waals surface area contributed by atoms with Crippen LogP contribution in [-0.2, 0) is 9.84 Å². The standard InChI is InChI=1S/C12H16FNO3S/c1-3-18(16,17)8-9(2)14-12(15)10-6-4-5-7-11(10)13/h4-7,9H,3,8H2,1-2H3,(H,14,15)/t9-/m0/s1. The second-order valence-corrected chi connectivity index (χ2v) is 6.45. The summed E-state index contributed by atoms with van der Waals surface area (Å²) in [6.07, 6.45) is 0. The van der Waals surface area contributed by atoms with E-state index in [1.54, 1.807) is 19.9 Å². The van der Waals surface area contributed by atoms with Gasteiger partial charge in [-0.05, 0) is 19.1 Å². The molecule has 0 fully saturated rings. The Kier molecular flexibility index (Phi) is 4.84. The van der Waals surface area contributed by atoms with Crippen molar-refractivity contribution in [3.63, 3.8) is 0 Å². The van der Waals surface area contributed by atoms with Gasteiger partial charge in [0.1, 0.15) is 5.82 Å². The number of carbonyl (C=O) groups is 1. The van der Waals surface area contributed by atoms with Gasteiger partial charge in [0.2, 0.25) is 0 Å². The Morgan fingerprint density at radius 1 is 1.39 bits per heavy atom. The molecule has 0 radical (unpaired) electrons. The lowest BCUT2D eigenvalue weighted by Gasteiger charge is -2.13. The Morgan fingerprint density at radius 3 is 2.56 bits per heavy atom. The molecule has 1 aromatic rings. The van der Waals surface area contributed by atoms with Crippen LogP contribution in [0.25, 0.3) is 0 Å². The zero-order chi connectivity index (χ0) is 13.8. The molecular weight excluding hydrogens is 257 g/mol. The first-order valence-electron chi connectivity index (χ1n) is 5.61. The highest BCUT2D eigenvalue weighted by Gasteiger charge is 2.17. The number of carbonyl (C=O) groups excluding carboxylic acids is 1. The molecule has 1 amide bonds. The van der Waals surface area contributed by atoms with Gasteiger partial charge in [0.15, 0.2) is 9.84 Å². The predicted molar refractivity (Wildman–Crippen MR) is 67.7 cm³/mol. The molecule has 0 bridgehead atoms. The lowest BCUT2D eigenvalue weighted by Crippen LogP contribution is -2.38. The number of hydrogen-bond donors (Lipinski definition) is 1. The quantitative estimate of drug-likeness (QED) is 0.881. The third-order valence-corrected chi connectivity index (χ3v) is 4.33. The molecule has 0 unspecified atom stereocenters. The van der Waals surface area contributed by atoms with E-state index in [1.807, 2.05) is 0 Å². The molecule has 0 saturated heterocycles. The van der Waals surface area contributed by atoms with Crippen LogP contribution in [0.5, 0.6) is 0 Å². The summed E-state index contributed by atoms with van der Waals surface area (Å²) in [5, 5.41) is 2.47. The lowest BCUT2D eigenvalue weighted by atomic mass is 10.2. The Labute approximate surface area is 106 Å². The van der Waals surface area contributed by atoms with E-state index in [-0.39, 0.29) is 17.1 Å². The van der Waals surface area contributed by atoms with Crippen LogP contribution in [0.15, 0.2) is 24.3 Å². The maximum atomic E-state index is 13.3. The van der Waals surface area contributed by atoms with Crippen LogP contribution in [0.1, 0.15) is 24.2 Å². The molecule has 18 heavy (non-hydrogen) atoms. The molecule has 1 atom stereocenters. The van der Waals surface area contributed by atoms with Crippen molar-refractivity contribution in [3.05, 3.63) is 35.6 Å². The molecule has 0 aliphatic carbocycles. The minimum atomic E-state index is -3.17. The van der Waals surface area contributed by atoms with Crippen molar-refractivity contribution < 1.29 is 17.6 Å². The van der Waals surface area contributed by atoms with Gasteiger partial charge in [-0.3, -0.25) is 4.79 Å². The molecule has 0 aliphatic rings. The summed E-state index contributed by atoms with van der Waals surface area (Å²) in [5.74, 6) is -1.36. The van der Waals surface area contributed by atoms with Crippen LogP contribution in [-0.4, -0.2) is 31.9 Å². The number of nitrogens with one attached hydrogen (secondary N) is 1. The topological polar surface area (TPSA) is 63.2 Å². The third-order valence-electron chi connectivity index (χ3n) is 2.44. The van der Waals surface area contributed by atoms with Gasteiger partial charge in [-0.1, -0.05) is 19.1 Å². The fraction of sp³-hybridized carbons (Fsp3) is 0.417.